The number of hydrogen-bond acceptors (Lipinski definition) is 5. The van der Waals surface area contributed by atoms with Crippen molar-refractivity contribution in [2.45, 2.75) is 13.8 Å². The summed E-state index contributed by atoms with van der Waals surface area (Å²) in [5.41, 5.74) is 1.50. The van der Waals surface area contributed by atoms with Crippen LogP contribution in [-0.2, 0) is 12.4 Å². The topological polar surface area (TPSA) is 133 Å². The molecule has 0 saturated carbocycles. The smallest absolute Gasteiger partial charge is 0.336 e. The number of aryl methyl sites for hydroxylation is 1. The van der Waals surface area contributed by atoms with Gasteiger partial charge in [-0.2, -0.15) is 0 Å². The van der Waals surface area contributed by atoms with Crippen LogP contribution in [-0.4, -0.2) is 40.5 Å². The zero-order valence-corrected chi connectivity index (χ0v) is 17.3. The van der Waals surface area contributed by atoms with Crippen LogP contribution in [0.15, 0.2) is 46.9 Å². The number of rotatable bonds is 4. The number of nitrogens with one attached hydrogen (secondary N) is 1. The van der Waals surface area contributed by atoms with Gasteiger partial charge in [-0.05, 0) is 40.5 Å². The van der Waals surface area contributed by atoms with E-state index in [1.165, 1.54) is 25.1 Å². The number of carbonyl (C=O) groups is 2. The number of benzene rings is 2. The van der Waals surface area contributed by atoms with Gasteiger partial charge in [-0.25, -0.2) is 4.79 Å². The van der Waals surface area contributed by atoms with Crippen LogP contribution in [0.1, 0.15) is 22.8 Å². The average molecular weight is 490 g/mol. The fourth-order valence-corrected chi connectivity index (χ4v) is 4.19. The zero-order chi connectivity index (χ0) is 19.9. The van der Waals surface area contributed by atoms with Crippen LogP contribution < -0.4 is 9.67 Å². The van der Waals surface area contributed by atoms with Crippen molar-refractivity contribution in [3.8, 4) is 0 Å². The molecule has 0 radical (unpaired) electrons. The summed E-state index contributed by atoms with van der Waals surface area (Å²) in [5.74, 6) is -1.28. The Morgan fingerprint density at radius 3 is 2.31 bits per heavy atom. The van der Waals surface area contributed by atoms with Gasteiger partial charge in [-0.3, -0.25) is 0 Å². The Labute approximate surface area is 160 Å². The number of hydrogen-bond donors (Lipinski definition) is 4. The molecule has 4 N–H and O–H groups in total. The Morgan fingerprint density at radius 2 is 1.81 bits per heavy atom. The monoisotopic (exact) mass is 489 g/mol. The first kappa shape index (κ1) is 22.1. The molecule has 0 aliphatic rings. The van der Waals surface area contributed by atoms with Gasteiger partial charge in [-0.1, -0.05) is 6.07 Å². The summed E-state index contributed by atoms with van der Waals surface area (Å²) in [7, 11) is 0. The molecule has 2 rings (SSSR count). The molecule has 0 spiro atoms. The first-order chi connectivity index (χ1) is 12.1. The summed E-state index contributed by atoms with van der Waals surface area (Å²) < 4.78 is 24.8. The maximum absolute atomic E-state index is 11.4. The number of halogens is 1. The van der Waals surface area contributed by atoms with E-state index in [0.717, 1.165) is 5.56 Å². The molecule has 140 valence electrons. The van der Waals surface area contributed by atoms with Crippen LogP contribution in [0.4, 0.5) is 5.69 Å². The first-order valence-electron chi connectivity index (χ1n) is 7.11. The second-order valence-electron chi connectivity index (χ2n) is 5.09. The van der Waals surface area contributed by atoms with E-state index in [4.69, 9.17) is 10.4 Å². The number of amides is 1. The van der Waals surface area contributed by atoms with E-state index in [1.807, 2.05) is 6.92 Å². The fraction of sp³-hybridized carbons (Fsp3) is 0.125. The quantitative estimate of drug-likeness (QED) is 0.293. The molecule has 26 heavy (non-hydrogen) atoms. The van der Waals surface area contributed by atoms with Crippen molar-refractivity contribution in [2.75, 3.05) is 5.32 Å². The zero-order valence-electron chi connectivity index (χ0n) is 13.8. The van der Waals surface area contributed by atoms with Crippen LogP contribution in [0.3, 0.4) is 0 Å². The largest absolute Gasteiger partial charge is 0.478 e. The summed E-state index contributed by atoms with van der Waals surface area (Å²) in [5, 5.41) is 19.3. The maximum Gasteiger partial charge on any atom is 0.336 e. The van der Waals surface area contributed by atoms with E-state index in [0.29, 0.717) is 10.0 Å². The molecule has 10 heteroatoms. The normalized spacial score (nSPS) is 12.3. The minimum atomic E-state index is -4.92. The minimum absolute atomic E-state index is 0.103. The molecule has 2 aromatic carbocycles. The van der Waals surface area contributed by atoms with Gasteiger partial charge in [0.1, 0.15) is 0 Å². The van der Waals surface area contributed by atoms with Crippen molar-refractivity contribution in [1.82, 2.24) is 0 Å². The SMILES string of the molecule is CC(=O)Nc1ccccc1[As](=O)(O)OO.Cc1ccc(C(=O)O)c(Br)c1. The number of aromatic carboxylic acids is 1. The van der Waals surface area contributed by atoms with Gasteiger partial charge in [0.25, 0.3) is 0 Å². The molecule has 8 nitrogen and oxygen atoms in total. The predicted octanol–water partition coefficient (Wildman–Crippen LogP) is 2.16. The molecule has 0 saturated heterocycles. The Morgan fingerprint density at radius 1 is 1.19 bits per heavy atom. The van der Waals surface area contributed by atoms with Crippen molar-refractivity contribution in [1.29, 1.82) is 0 Å². The predicted molar refractivity (Wildman–Crippen MR) is 98.6 cm³/mol. The minimum Gasteiger partial charge on any atom is -0.478 e. The number of carbonyl (C=O) groups excluding carboxylic acids is 1. The third-order valence-corrected chi connectivity index (χ3v) is 6.20. The number of carboxylic acid groups (broad SMARTS) is 1. The standard InChI is InChI=1S/C8H10AsNO5.C8H7BrO2/c1-6(11)10-8-5-3-2-4-7(8)9(12,13)15-14;1-5-2-3-6(8(10)11)7(9)4-5/h2-5,14H,1H3,(H,10,11)(H,12,13);2-4H,1H3,(H,10,11). The molecular formula is C16H17AsBrNO7. The van der Waals surface area contributed by atoms with E-state index in [1.54, 1.807) is 24.3 Å². The molecule has 0 aliphatic heterocycles. The van der Waals surface area contributed by atoms with Gasteiger partial charge in [0.15, 0.2) is 0 Å². The Bertz CT molecular complexity index is 856. The van der Waals surface area contributed by atoms with Gasteiger partial charge in [-0.15, -0.1) is 0 Å². The Kier molecular flexibility index (Phi) is 8.26. The van der Waals surface area contributed by atoms with Crippen molar-refractivity contribution in [3.05, 3.63) is 58.1 Å². The first-order valence-corrected chi connectivity index (χ1v) is 11.2. The van der Waals surface area contributed by atoms with Crippen molar-refractivity contribution in [3.63, 3.8) is 0 Å². The van der Waals surface area contributed by atoms with Crippen LogP contribution >= 0.6 is 15.9 Å². The van der Waals surface area contributed by atoms with E-state index >= 15 is 0 Å². The second kappa shape index (κ2) is 9.70. The summed E-state index contributed by atoms with van der Waals surface area (Å²) in [6.45, 7) is 3.18. The summed E-state index contributed by atoms with van der Waals surface area (Å²) in [4.78, 5) is 21.3. The fourth-order valence-electron chi connectivity index (χ4n) is 1.85. The molecule has 0 aliphatic carbocycles. The molecule has 0 aromatic heterocycles. The summed E-state index contributed by atoms with van der Waals surface area (Å²) in [6, 6.07) is 11.0. The van der Waals surface area contributed by atoms with E-state index in [2.05, 4.69) is 25.1 Å². The van der Waals surface area contributed by atoms with E-state index in [9.17, 15) is 17.4 Å². The third kappa shape index (κ3) is 6.43. The van der Waals surface area contributed by atoms with E-state index < -0.39 is 20.1 Å². The Balaban J connectivity index is 0.000000273. The number of anilines is 1. The maximum atomic E-state index is 11.4. The van der Waals surface area contributed by atoms with E-state index in [-0.39, 0.29) is 15.9 Å². The second-order valence-corrected chi connectivity index (χ2v) is 9.48. The molecule has 2 aromatic rings. The average Bonchev–Trinajstić information content (AvgIpc) is 2.55. The Hall–Kier alpha value is -1.90. The van der Waals surface area contributed by atoms with Gasteiger partial charge in [0.2, 0.25) is 0 Å². The third-order valence-electron chi connectivity index (χ3n) is 2.98. The van der Waals surface area contributed by atoms with Crippen molar-refractivity contribution < 1.29 is 31.7 Å². The van der Waals surface area contributed by atoms with Crippen molar-refractivity contribution >= 4 is 52.0 Å². The molecule has 0 heterocycles. The number of para-hydroxylation sites is 1. The van der Waals surface area contributed by atoms with Gasteiger partial charge in [0.05, 0.1) is 5.56 Å². The van der Waals surface area contributed by atoms with Gasteiger partial charge in [0, 0.05) is 4.47 Å². The molecular weight excluding hydrogens is 473 g/mol. The van der Waals surface area contributed by atoms with Gasteiger partial charge < -0.3 is 5.11 Å². The summed E-state index contributed by atoms with van der Waals surface area (Å²) >= 11 is -1.76. The van der Waals surface area contributed by atoms with Crippen molar-refractivity contribution in [2.24, 2.45) is 0 Å². The van der Waals surface area contributed by atoms with Gasteiger partial charge >= 0.3 is 94.4 Å². The van der Waals surface area contributed by atoms with Crippen LogP contribution in [0.2, 0.25) is 0 Å². The molecule has 0 bridgehead atoms. The van der Waals surface area contributed by atoms with Crippen LogP contribution in [0.25, 0.3) is 0 Å². The molecule has 1 atom stereocenters. The molecule has 1 amide bonds. The van der Waals surface area contributed by atoms with Crippen LogP contribution in [0.5, 0.6) is 0 Å². The number of carboxylic acids is 1. The van der Waals surface area contributed by atoms with Crippen LogP contribution in [0, 0.1) is 6.92 Å². The molecule has 1 unspecified atom stereocenters. The summed E-state index contributed by atoms with van der Waals surface area (Å²) in [6.07, 6.45) is 0. The molecule has 0 fully saturated rings.